The molecule has 2 aromatic carbocycles. The molecule has 0 amide bonds. The van der Waals surface area contributed by atoms with Gasteiger partial charge in [-0.15, -0.1) is 0 Å². The summed E-state index contributed by atoms with van der Waals surface area (Å²) < 4.78 is 8.40. The van der Waals surface area contributed by atoms with Crippen molar-refractivity contribution in [2.45, 2.75) is 26.3 Å². The molecule has 3 heterocycles. The quantitative estimate of drug-likeness (QED) is 0.381. The van der Waals surface area contributed by atoms with E-state index in [-0.39, 0.29) is 6.04 Å². The number of benzene rings is 2. The van der Waals surface area contributed by atoms with Gasteiger partial charge in [-0.3, -0.25) is 4.98 Å². The fraction of sp³-hybridized carbons (Fsp3) is 0.231. The lowest BCUT2D eigenvalue weighted by atomic mass is 10.0. The van der Waals surface area contributed by atoms with Crippen LogP contribution in [0.1, 0.15) is 18.9 Å². The number of aryl methyl sites for hydroxylation is 2. The third kappa shape index (κ3) is 3.56. The monoisotopic (exact) mass is 410 g/mol. The van der Waals surface area contributed by atoms with Crippen LogP contribution in [0.25, 0.3) is 32.6 Å². The van der Waals surface area contributed by atoms with Crippen molar-refractivity contribution in [2.24, 2.45) is 7.05 Å². The molecule has 5 heteroatoms. The van der Waals surface area contributed by atoms with E-state index in [1.807, 2.05) is 30.6 Å². The topological polar surface area (TPSA) is 52.0 Å². The molecule has 0 bridgehead atoms. The fourth-order valence-electron chi connectivity index (χ4n) is 4.41. The molecule has 0 saturated heterocycles. The van der Waals surface area contributed by atoms with Gasteiger partial charge in [0.05, 0.1) is 12.1 Å². The highest BCUT2D eigenvalue weighted by Gasteiger charge is 2.14. The Morgan fingerprint density at radius 1 is 1.03 bits per heavy atom. The number of hydrogen-bond acceptors (Lipinski definition) is 4. The number of ether oxygens (including phenoxy) is 1. The summed E-state index contributed by atoms with van der Waals surface area (Å²) >= 11 is 0. The van der Waals surface area contributed by atoms with Gasteiger partial charge < -0.3 is 14.6 Å². The summed E-state index contributed by atoms with van der Waals surface area (Å²) in [6.07, 6.45) is 6.49. The average molecular weight is 411 g/mol. The van der Waals surface area contributed by atoms with Crippen molar-refractivity contribution in [3.63, 3.8) is 0 Å². The van der Waals surface area contributed by atoms with Crippen LogP contribution in [0.4, 0.5) is 5.82 Å². The lowest BCUT2D eigenvalue weighted by Gasteiger charge is -2.15. The van der Waals surface area contributed by atoms with E-state index in [1.165, 1.54) is 38.1 Å². The molecule has 0 aliphatic rings. The van der Waals surface area contributed by atoms with Gasteiger partial charge in [0, 0.05) is 59.8 Å². The van der Waals surface area contributed by atoms with E-state index in [4.69, 9.17) is 4.74 Å². The van der Waals surface area contributed by atoms with Gasteiger partial charge in [-0.05, 0) is 67.3 Å². The second-order valence-corrected chi connectivity index (χ2v) is 8.13. The Bertz CT molecular complexity index is 1370. The largest absolute Gasteiger partial charge is 0.493 e. The third-order valence-electron chi connectivity index (χ3n) is 6.00. The van der Waals surface area contributed by atoms with E-state index in [0.717, 1.165) is 18.0 Å². The maximum atomic E-state index is 6.12. The summed E-state index contributed by atoms with van der Waals surface area (Å²) in [5.74, 6) is 1.79. The molecule has 1 unspecified atom stereocenters. The van der Waals surface area contributed by atoms with Crippen LogP contribution < -0.4 is 10.1 Å². The molecule has 0 saturated carbocycles. The van der Waals surface area contributed by atoms with Crippen LogP contribution >= 0.6 is 0 Å². The van der Waals surface area contributed by atoms with Crippen LogP contribution in [-0.2, 0) is 7.05 Å². The van der Waals surface area contributed by atoms with Crippen LogP contribution in [0.5, 0.6) is 5.75 Å². The first kappa shape index (κ1) is 19.4. The predicted molar refractivity (Wildman–Crippen MR) is 128 cm³/mol. The van der Waals surface area contributed by atoms with Gasteiger partial charge in [0.15, 0.2) is 0 Å². The number of nitrogens with zero attached hydrogens (tertiary/aromatic N) is 3. The van der Waals surface area contributed by atoms with Gasteiger partial charge in [0.2, 0.25) is 0 Å². The number of pyridine rings is 2. The van der Waals surface area contributed by atoms with Gasteiger partial charge in [-0.1, -0.05) is 6.07 Å². The smallest absolute Gasteiger partial charge is 0.126 e. The van der Waals surface area contributed by atoms with Gasteiger partial charge in [-0.2, -0.15) is 0 Å². The molecule has 1 N–H and O–H groups in total. The van der Waals surface area contributed by atoms with E-state index in [9.17, 15) is 0 Å². The normalized spacial score (nSPS) is 12.5. The van der Waals surface area contributed by atoms with E-state index in [1.54, 1.807) is 6.20 Å². The molecule has 0 spiro atoms. The van der Waals surface area contributed by atoms with Crippen molar-refractivity contribution in [2.75, 3.05) is 11.9 Å². The summed E-state index contributed by atoms with van der Waals surface area (Å²) in [4.78, 5) is 8.63. The lowest BCUT2D eigenvalue weighted by molar-refractivity contribution is 0.304. The molecule has 0 radical (unpaired) electrons. The molecule has 0 aliphatic carbocycles. The Hall–Kier alpha value is -3.60. The Morgan fingerprint density at radius 2 is 1.94 bits per heavy atom. The van der Waals surface area contributed by atoms with E-state index >= 15 is 0 Å². The van der Waals surface area contributed by atoms with Crippen LogP contribution in [0.2, 0.25) is 0 Å². The Kier molecular flexibility index (Phi) is 4.94. The fourth-order valence-corrected chi connectivity index (χ4v) is 4.41. The summed E-state index contributed by atoms with van der Waals surface area (Å²) in [5, 5.41) is 8.28. The second kappa shape index (κ2) is 7.91. The third-order valence-corrected chi connectivity index (χ3v) is 6.00. The molecule has 5 aromatic rings. The second-order valence-electron chi connectivity index (χ2n) is 8.13. The first-order valence-corrected chi connectivity index (χ1v) is 10.7. The first-order chi connectivity index (χ1) is 15.1. The van der Waals surface area contributed by atoms with Crippen LogP contribution in [-0.4, -0.2) is 27.2 Å². The van der Waals surface area contributed by atoms with Gasteiger partial charge in [0.25, 0.3) is 0 Å². The number of anilines is 1. The molecule has 1 atom stereocenters. The average Bonchev–Trinajstić information content (AvgIpc) is 3.06. The van der Waals surface area contributed by atoms with Crippen LogP contribution in [0, 0.1) is 6.92 Å². The lowest BCUT2D eigenvalue weighted by Crippen LogP contribution is -2.19. The zero-order valence-corrected chi connectivity index (χ0v) is 18.1. The molecule has 0 fully saturated rings. The van der Waals surface area contributed by atoms with E-state index in [0.29, 0.717) is 6.61 Å². The van der Waals surface area contributed by atoms with Crippen molar-refractivity contribution in [3.8, 4) is 5.75 Å². The SMILES string of the molecule is Cc1c2ccncc2cc2c3cc(OCCC(C)Nc4ccccn4)ccc3n(C)c12. The van der Waals surface area contributed by atoms with Crippen LogP contribution in [0.3, 0.4) is 0 Å². The summed E-state index contributed by atoms with van der Waals surface area (Å²) in [7, 11) is 2.14. The standard InChI is InChI=1S/C26H26N4O/c1-17(29-25-6-4-5-11-28-25)10-13-31-20-7-8-24-22(15-20)23-14-19-16-27-12-9-21(19)18(2)26(23)30(24)3/h4-9,11-12,14-17H,10,13H2,1-3H3,(H,28,29). The highest BCUT2D eigenvalue weighted by Crippen LogP contribution is 2.36. The van der Waals surface area contributed by atoms with Crippen molar-refractivity contribution in [3.05, 3.63) is 72.7 Å². The minimum absolute atomic E-state index is 0.276. The van der Waals surface area contributed by atoms with Gasteiger partial charge in [-0.25, -0.2) is 4.98 Å². The van der Waals surface area contributed by atoms with Gasteiger partial charge >= 0.3 is 0 Å². The number of fused-ring (bicyclic) bond motifs is 4. The number of nitrogens with one attached hydrogen (secondary N) is 1. The first-order valence-electron chi connectivity index (χ1n) is 10.7. The molecular formula is C26H26N4O. The summed E-state index contributed by atoms with van der Waals surface area (Å²) in [5.41, 5.74) is 3.75. The Balaban J connectivity index is 1.40. The molecule has 156 valence electrons. The highest BCUT2D eigenvalue weighted by molar-refractivity contribution is 6.14. The minimum Gasteiger partial charge on any atom is -0.493 e. The van der Waals surface area contributed by atoms with Crippen molar-refractivity contribution >= 4 is 38.4 Å². The predicted octanol–water partition coefficient (Wildman–Crippen LogP) is 5.85. The molecule has 31 heavy (non-hydrogen) atoms. The van der Waals surface area contributed by atoms with Crippen LogP contribution in [0.15, 0.2) is 67.1 Å². The van der Waals surface area contributed by atoms with Gasteiger partial charge in [0.1, 0.15) is 11.6 Å². The molecule has 0 aliphatic heterocycles. The zero-order chi connectivity index (χ0) is 21.4. The molecule has 3 aromatic heterocycles. The Morgan fingerprint density at radius 3 is 2.77 bits per heavy atom. The van der Waals surface area contributed by atoms with Crippen molar-refractivity contribution in [1.29, 1.82) is 0 Å². The summed E-state index contributed by atoms with van der Waals surface area (Å²) in [6, 6.07) is 16.9. The van der Waals surface area contributed by atoms with Crippen molar-refractivity contribution < 1.29 is 4.74 Å². The zero-order valence-electron chi connectivity index (χ0n) is 18.1. The maximum absolute atomic E-state index is 6.12. The maximum Gasteiger partial charge on any atom is 0.126 e. The summed E-state index contributed by atoms with van der Waals surface area (Å²) in [6.45, 7) is 4.98. The number of hydrogen-bond donors (Lipinski definition) is 1. The van der Waals surface area contributed by atoms with Crippen molar-refractivity contribution in [1.82, 2.24) is 14.5 Å². The number of aromatic nitrogens is 3. The Labute approximate surface area is 181 Å². The molecule has 5 nitrogen and oxygen atoms in total. The number of rotatable bonds is 6. The highest BCUT2D eigenvalue weighted by atomic mass is 16.5. The molecular weight excluding hydrogens is 384 g/mol. The molecule has 5 rings (SSSR count). The minimum atomic E-state index is 0.276. The van der Waals surface area contributed by atoms with E-state index in [2.05, 4.69) is 71.1 Å². The van der Waals surface area contributed by atoms with E-state index < -0.39 is 0 Å².